The molecule has 2 rings (SSSR count). The third-order valence-corrected chi connectivity index (χ3v) is 4.77. The predicted molar refractivity (Wildman–Crippen MR) is 93.4 cm³/mol. The van der Waals surface area contributed by atoms with Crippen LogP contribution in [0, 0.1) is 12.8 Å². The Morgan fingerprint density at radius 3 is 2.35 bits per heavy atom. The molecule has 1 saturated heterocycles. The van der Waals surface area contributed by atoms with Crippen LogP contribution in [0.2, 0.25) is 0 Å². The summed E-state index contributed by atoms with van der Waals surface area (Å²) in [5.74, 6) is 0.304. The second-order valence-electron chi connectivity index (χ2n) is 6.33. The van der Waals surface area contributed by atoms with Gasteiger partial charge < -0.3 is 10.1 Å². The number of hydrogen-bond donors (Lipinski definition) is 1. The molecule has 0 spiro atoms. The summed E-state index contributed by atoms with van der Waals surface area (Å²) >= 11 is 0. The monoisotopic (exact) mass is 318 g/mol. The van der Waals surface area contributed by atoms with E-state index in [0.29, 0.717) is 6.54 Å². The molecule has 0 bridgehead atoms. The van der Waals surface area contributed by atoms with Crippen molar-refractivity contribution >= 4 is 5.91 Å². The van der Waals surface area contributed by atoms with Crippen LogP contribution in [-0.2, 0) is 9.53 Å². The highest BCUT2D eigenvalue weighted by molar-refractivity contribution is 5.78. The van der Waals surface area contributed by atoms with Crippen molar-refractivity contribution in [2.45, 2.75) is 39.7 Å². The van der Waals surface area contributed by atoms with Crippen LogP contribution < -0.4 is 5.32 Å². The van der Waals surface area contributed by atoms with E-state index in [2.05, 4.69) is 55.3 Å². The van der Waals surface area contributed by atoms with Crippen LogP contribution in [0.1, 0.15) is 43.9 Å². The zero-order valence-electron chi connectivity index (χ0n) is 14.7. The quantitative estimate of drug-likeness (QED) is 0.840. The van der Waals surface area contributed by atoms with E-state index in [4.69, 9.17) is 4.74 Å². The van der Waals surface area contributed by atoms with E-state index in [1.165, 1.54) is 11.1 Å². The van der Waals surface area contributed by atoms with Gasteiger partial charge in [-0.15, -0.1) is 0 Å². The highest BCUT2D eigenvalue weighted by Crippen LogP contribution is 2.22. The molecule has 0 radical (unpaired) electrons. The molecule has 1 atom stereocenters. The molecule has 4 heteroatoms. The molecule has 1 N–H and O–H groups in total. The predicted octanol–water partition coefficient (Wildman–Crippen LogP) is 2.92. The fraction of sp³-hybridized carbons (Fsp3) is 0.632. The molecule has 1 amide bonds. The molecule has 1 aliphatic heterocycles. The second-order valence-corrected chi connectivity index (χ2v) is 6.33. The van der Waals surface area contributed by atoms with E-state index in [1.54, 1.807) is 0 Å². The second kappa shape index (κ2) is 9.04. The molecular formula is C19H30N2O2. The average Bonchev–Trinajstić information content (AvgIpc) is 2.58. The number of nitrogens with one attached hydrogen (secondary N) is 1. The normalized spacial score (nSPS) is 17.2. The first-order valence-corrected chi connectivity index (χ1v) is 8.81. The lowest BCUT2D eigenvalue weighted by molar-refractivity contribution is -0.125. The van der Waals surface area contributed by atoms with Gasteiger partial charge in [-0.25, -0.2) is 0 Å². The number of rotatable bonds is 7. The molecule has 4 nitrogen and oxygen atoms in total. The Morgan fingerprint density at radius 2 is 1.78 bits per heavy atom. The van der Waals surface area contributed by atoms with Crippen molar-refractivity contribution in [1.82, 2.24) is 10.2 Å². The van der Waals surface area contributed by atoms with Gasteiger partial charge in [-0.2, -0.15) is 0 Å². The zero-order chi connectivity index (χ0) is 16.7. The van der Waals surface area contributed by atoms with Crippen molar-refractivity contribution in [1.29, 1.82) is 0 Å². The fourth-order valence-electron chi connectivity index (χ4n) is 3.14. The van der Waals surface area contributed by atoms with Gasteiger partial charge >= 0.3 is 0 Å². The van der Waals surface area contributed by atoms with Crippen LogP contribution in [0.5, 0.6) is 0 Å². The lowest BCUT2D eigenvalue weighted by Crippen LogP contribution is -2.44. The summed E-state index contributed by atoms with van der Waals surface area (Å²) in [5, 5.41) is 3.17. The van der Waals surface area contributed by atoms with Crippen molar-refractivity contribution in [2.75, 3.05) is 32.8 Å². The first kappa shape index (κ1) is 18.0. The highest BCUT2D eigenvalue weighted by Gasteiger charge is 2.24. The summed E-state index contributed by atoms with van der Waals surface area (Å²) in [4.78, 5) is 14.7. The Hall–Kier alpha value is -1.39. The molecule has 128 valence electrons. The lowest BCUT2D eigenvalue weighted by Gasteiger charge is -2.35. The standard InChI is InChI=1S/C19H30N2O2/c1-4-16(5-2)19(22)20-14-18(21-10-12-23-13-11-21)17-8-6-15(3)7-9-17/h6-9,16,18H,4-5,10-14H2,1-3H3,(H,20,22)/t18-/m1/s1. The number of morpholine rings is 1. The third-order valence-electron chi connectivity index (χ3n) is 4.77. The first-order valence-electron chi connectivity index (χ1n) is 8.81. The summed E-state index contributed by atoms with van der Waals surface area (Å²) < 4.78 is 5.47. The molecule has 1 aliphatic rings. The van der Waals surface area contributed by atoms with Crippen molar-refractivity contribution in [2.24, 2.45) is 5.92 Å². The smallest absolute Gasteiger partial charge is 0.223 e. The van der Waals surface area contributed by atoms with E-state index in [0.717, 1.165) is 39.1 Å². The first-order chi connectivity index (χ1) is 11.2. The minimum Gasteiger partial charge on any atom is -0.379 e. The van der Waals surface area contributed by atoms with Crippen LogP contribution in [-0.4, -0.2) is 43.7 Å². The van der Waals surface area contributed by atoms with E-state index in [1.807, 2.05) is 0 Å². The van der Waals surface area contributed by atoms with Crippen LogP contribution in [0.15, 0.2) is 24.3 Å². The third kappa shape index (κ3) is 5.05. The fourth-order valence-corrected chi connectivity index (χ4v) is 3.14. The van der Waals surface area contributed by atoms with Crippen LogP contribution in [0.25, 0.3) is 0 Å². The number of amides is 1. The minimum atomic E-state index is 0.123. The number of carbonyl (C=O) groups is 1. The minimum absolute atomic E-state index is 0.123. The van der Waals surface area contributed by atoms with Gasteiger partial charge in [-0.05, 0) is 25.3 Å². The molecule has 0 saturated carbocycles. The summed E-state index contributed by atoms with van der Waals surface area (Å²) in [5.41, 5.74) is 2.53. The molecule has 23 heavy (non-hydrogen) atoms. The molecular weight excluding hydrogens is 288 g/mol. The van der Waals surface area contributed by atoms with Crippen LogP contribution in [0.3, 0.4) is 0 Å². The highest BCUT2D eigenvalue weighted by atomic mass is 16.5. The van der Waals surface area contributed by atoms with E-state index < -0.39 is 0 Å². The van der Waals surface area contributed by atoms with Gasteiger partial charge in [0, 0.05) is 25.6 Å². The molecule has 0 unspecified atom stereocenters. The van der Waals surface area contributed by atoms with Gasteiger partial charge in [0.2, 0.25) is 5.91 Å². The zero-order valence-corrected chi connectivity index (χ0v) is 14.7. The Kier molecular flexibility index (Phi) is 7.06. The van der Waals surface area contributed by atoms with Crippen molar-refractivity contribution < 1.29 is 9.53 Å². The molecule has 0 aliphatic carbocycles. The number of hydrogen-bond acceptors (Lipinski definition) is 3. The molecule has 0 aromatic heterocycles. The van der Waals surface area contributed by atoms with E-state index in [9.17, 15) is 4.79 Å². The number of nitrogens with zero attached hydrogens (tertiary/aromatic N) is 1. The topological polar surface area (TPSA) is 41.6 Å². The molecule has 1 heterocycles. The van der Waals surface area contributed by atoms with Crippen molar-refractivity contribution in [3.63, 3.8) is 0 Å². The summed E-state index contributed by atoms with van der Waals surface area (Å²) in [6, 6.07) is 8.87. The van der Waals surface area contributed by atoms with Crippen molar-refractivity contribution in [3.8, 4) is 0 Å². The molecule has 1 aromatic carbocycles. The molecule has 1 fully saturated rings. The Balaban J connectivity index is 2.07. The Bertz CT molecular complexity index is 477. The van der Waals surface area contributed by atoms with Gasteiger partial charge in [0.25, 0.3) is 0 Å². The van der Waals surface area contributed by atoms with Gasteiger partial charge in [-0.1, -0.05) is 43.7 Å². The lowest BCUT2D eigenvalue weighted by atomic mass is 10.0. The van der Waals surface area contributed by atoms with Gasteiger partial charge in [0.15, 0.2) is 0 Å². The maximum Gasteiger partial charge on any atom is 0.223 e. The number of carbonyl (C=O) groups excluding carboxylic acids is 1. The Labute approximate surface area is 140 Å². The maximum absolute atomic E-state index is 12.3. The largest absolute Gasteiger partial charge is 0.379 e. The van der Waals surface area contributed by atoms with Crippen LogP contribution >= 0.6 is 0 Å². The van der Waals surface area contributed by atoms with Gasteiger partial charge in [0.1, 0.15) is 0 Å². The van der Waals surface area contributed by atoms with Crippen LogP contribution in [0.4, 0.5) is 0 Å². The summed E-state index contributed by atoms with van der Waals surface area (Å²) in [6.45, 7) is 10.3. The number of benzene rings is 1. The summed E-state index contributed by atoms with van der Waals surface area (Å²) in [6.07, 6.45) is 1.80. The van der Waals surface area contributed by atoms with E-state index in [-0.39, 0.29) is 17.9 Å². The Morgan fingerprint density at radius 1 is 1.17 bits per heavy atom. The average molecular weight is 318 g/mol. The van der Waals surface area contributed by atoms with E-state index >= 15 is 0 Å². The molecule has 1 aromatic rings. The SMILES string of the molecule is CCC(CC)C(=O)NC[C@H](c1ccc(C)cc1)N1CCOCC1. The van der Waals surface area contributed by atoms with Gasteiger partial charge in [-0.3, -0.25) is 9.69 Å². The number of aryl methyl sites for hydroxylation is 1. The van der Waals surface area contributed by atoms with Crippen molar-refractivity contribution in [3.05, 3.63) is 35.4 Å². The number of ether oxygens (including phenoxy) is 1. The maximum atomic E-state index is 12.3. The summed E-state index contributed by atoms with van der Waals surface area (Å²) in [7, 11) is 0. The van der Waals surface area contributed by atoms with Gasteiger partial charge in [0.05, 0.1) is 19.3 Å².